The molecule has 0 saturated carbocycles. The van der Waals surface area contributed by atoms with Gasteiger partial charge in [-0.2, -0.15) is 0 Å². The summed E-state index contributed by atoms with van der Waals surface area (Å²) in [6.45, 7) is 0.914. The normalized spacial score (nSPS) is 13.5. The van der Waals surface area contributed by atoms with Crippen molar-refractivity contribution in [2.24, 2.45) is 5.73 Å². The number of ether oxygens (including phenoxy) is 1. The quantitative estimate of drug-likeness (QED) is 0.848. The SMILES string of the molecule is COc1cc(NC(=O)c2coc(CN)c2)ccc1N1CCCC1=O.Cl. The highest BCUT2D eigenvalue weighted by molar-refractivity contribution is 6.04. The van der Waals surface area contributed by atoms with E-state index < -0.39 is 0 Å². The van der Waals surface area contributed by atoms with Crippen LogP contribution in [0.25, 0.3) is 0 Å². The predicted molar refractivity (Wildman–Crippen MR) is 96.4 cm³/mol. The van der Waals surface area contributed by atoms with E-state index >= 15 is 0 Å². The molecule has 1 fully saturated rings. The number of methoxy groups -OCH3 is 1. The van der Waals surface area contributed by atoms with Gasteiger partial charge in [0.15, 0.2) is 0 Å². The van der Waals surface area contributed by atoms with Crippen LogP contribution >= 0.6 is 12.4 Å². The molecular weight excluding hydrogens is 346 g/mol. The van der Waals surface area contributed by atoms with Gasteiger partial charge in [0.2, 0.25) is 5.91 Å². The number of hydrogen-bond donors (Lipinski definition) is 2. The summed E-state index contributed by atoms with van der Waals surface area (Å²) in [6, 6.07) is 6.82. The second kappa shape index (κ2) is 8.04. The van der Waals surface area contributed by atoms with Gasteiger partial charge in [-0.25, -0.2) is 0 Å². The Morgan fingerprint density at radius 1 is 1.40 bits per heavy atom. The lowest BCUT2D eigenvalue weighted by Crippen LogP contribution is -2.24. The molecule has 1 aliphatic heterocycles. The van der Waals surface area contributed by atoms with Crippen molar-refractivity contribution in [1.82, 2.24) is 0 Å². The van der Waals surface area contributed by atoms with Gasteiger partial charge < -0.3 is 25.1 Å². The number of rotatable bonds is 5. The van der Waals surface area contributed by atoms with E-state index in [9.17, 15) is 9.59 Å². The van der Waals surface area contributed by atoms with Gasteiger partial charge in [0.1, 0.15) is 17.8 Å². The second-order valence-corrected chi connectivity index (χ2v) is 5.50. The molecule has 1 aliphatic rings. The molecule has 0 spiro atoms. The molecule has 1 saturated heterocycles. The summed E-state index contributed by atoms with van der Waals surface area (Å²) in [5.74, 6) is 0.863. The monoisotopic (exact) mass is 365 g/mol. The summed E-state index contributed by atoms with van der Waals surface area (Å²) in [5.41, 5.74) is 7.15. The summed E-state index contributed by atoms with van der Waals surface area (Å²) < 4.78 is 10.5. The summed E-state index contributed by atoms with van der Waals surface area (Å²) in [7, 11) is 1.54. The first-order valence-corrected chi connectivity index (χ1v) is 7.69. The van der Waals surface area contributed by atoms with Crippen LogP contribution in [-0.2, 0) is 11.3 Å². The van der Waals surface area contributed by atoms with E-state index in [1.165, 1.54) is 13.4 Å². The number of furan rings is 1. The minimum atomic E-state index is -0.300. The maximum Gasteiger partial charge on any atom is 0.258 e. The molecule has 1 aromatic carbocycles. The molecular formula is C17H20ClN3O4. The maximum absolute atomic E-state index is 12.2. The van der Waals surface area contributed by atoms with E-state index in [0.29, 0.717) is 41.4 Å². The predicted octanol–water partition coefficient (Wildman–Crippen LogP) is 2.55. The molecule has 8 heteroatoms. The largest absolute Gasteiger partial charge is 0.494 e. The van der Waals surface area contributed by atoms with Crippen LogP contribution in [0.4, 0.5) is 11.4 Å². The fourth-order valence-electron chi connectivity index (χ4n) is 2.69. The molecule has 0 atom stereocenters. The molecule has 25 heavy (non-hydrogen) atoms. The highest BCUT2D eigenvalue weighted by Gasteiger charge is 2.24. The molecule has 0 unspecified atom stereocenters. The molecule has 0 bridgehead atoms. The summed E-state index contributed by atoms with van der Waals surface area (Å²) in [4.78, 5) is 25.8. The minimum absolute atomic E-state index is 0. The average Bonchev–Trinajstić information content (AvgIpc) is 3.23. The lowest BCUT2D eigenvalue weighted by molar-refractivity contribution is -0.117. The minimum Gasteiger partial charge on any atom is -0.494 e. The Morgan fingerprint density at radius 3 is 2.80 bits per heavy atom. The van der Waals surface area contributed by atoms with Crippen molar-refractivity contribution in [3.63, 3.8) is 0 Å². The number of nitrogens with one attached hydrogen (secondary N) is 1. The zero-order valence-electron chi connectivity index (χ0n) is 13.8. The number of benzene rings is 1. The van der Waals surface area contributed by atoms with Gasteiger partial charge in [0, 0.05) is 24.7 Å². The van der Waals surface area contributed by atoms with Crippen LogP contribution < -0.4 is 20.7 Å². The van der Waals surface area contributed by atoms with Crippen LogP contribution in [0.2, 0.25) is 0 Å². The summed E-state index contributed by atoms with van der Waals surface area (Å²) >= 11 is 0. The Kier molecular flexibility index (Phi) is 6.06. The molecule has 2 heterocycles. The van der Waals surface area contributed by atoms with Gasteiger partial charge in [-0.1, -0.05) is 0 Å². The van der Waals surface area contributed by atoms with Crippen molar-refractivity contribution in [3.05, 3.63) is 41.9 Å². The maximum atomic E-state index is 12.2. The van der Waals surface area contributed by atoms with Crippen LogP contribution in [0.3, 0.4) is 0 Å². The van der Waals surface area contributed by atoms with E-state index in [2.05, 4.69) is 5.32 Å². The zero-order valence-corrected chi connectivity index (χ0v) is 14.6. The first-order chi connectivity index (χ1) is 11.6. The Morgan fingerprint density at radius 2 is 2.20 bits per heavy atom. The molecule has 2 amide bonds. The van der Waals surface area contributed by atoms with Crippen molar-refractivity contribution in [1.29, 1.82) is 0 Å². The van der Waals surface area contributed by atoms with Gasteiger partial charge >= 0.3 is 0 Å². The fraction of sp³-hybridized carbons (Fsp3) is 0.294. The summed E-state index contributed by atoms with van der Waals surface area (Å²) in [6.07, 6.45) is 2.75. The van der Waals surface area contributed by atoms with Gasteiger partial charge in [0.05, 0.1) is 24.9 Å². The van der Waals surface area contributed by atoms with Gasteiger partial charge in [-0.3, -0.25) is 9.59 Å². The standard InChI is InChI=1S/C17H19N3O4.ClH/c1-23-15-8-12(4-5-14(15)20-6-2-3-16(20)21)19-17(22)11-7-13(9-18)24-10-11;/h4-5,7-8,10H,2-3,6,9,18H2,1H3,(H,19,22);1H. The van der Waals surface area contributed by atoms with Gasteiger partial charge in [0.25, 0.3) is 5.91 Å². The molecule has 3 N–H and O–H groups in total. The fourth-order valence-corrected chi connectivity index (χ4v) is 2.69. The number of nitrogens with two attached hydrogens (primary N) is 1. The number of carbonyl (C=O) groups is 2. The number of carbonyl (C=O) groups excluding carboxylic acids is 2. The van der Waals surface area contributed by atoms with Gasteiger partial charge in [-0.15, -0.1) is 12.4 Å². The third-order valence-corrected chi connectivity index (χ3v) is 3.92. The van der Waals surface area contributed by atoms with E-state index in [1.807, 2.05) is 0 Å². The molecule has 0 aliphatic carbocycles. The Bertz CT molecular complexity index is 775. The third-order valence-electron chi connectivity index (χ3n) is 3.92. The molecule has 1 aromatic heterocycles. The van der Waals surface area contributed by atoms with Crippen molar-refractivity contribution in [3.8, 4) is 5.75 Å². The molecule has 2 aromatic rings. The van der Waals surface area contributed by atoms with E-state index in [-0.39, 0.29) is 30.8 Å². The summed E-state index contributed by atoms with van der Waals surface area (Å²) in [5, 5.41) is 2.78. The zero-order chi connectivity index (χ0) is 17.1. The van der Waals surface area contributed by atoms with E-state index in [4.69, 9.17) is 14.9 Å². The lowest BCUT2D eigenvalue weighted by atomic mass is 10.2. The average molecular weight is 366 g/mol. The number of nitrogens with zero attached hydrogens (tertiary/aromatic N) is 1. The smallest absolute Gasteiger partial charge is 0.258 e. The van der Waals surface area contributed by atoms with Crippen LogP contribution in [-0.4, -0.2) is 25.5 Å². The van der Waals surface area contributed by atoms with Gasteiger partial charge in [-0.05, 0) is 24.6 Å². The number of hydrogen-bond acceptors (Lipinski definition) is 5. The van der Waals surface area contributed by atoms with E-state index in [1.54, 1.807) is 29.2 Å². The second-order valence-electron chi connectivity index (χ2n) is 5.50. The number of anilines is 2. The first kappa shape index (κ1) is 18.8. The molecule has 7 nitrogen and oxygen atoms in total. The number of amides is 2. The lowest BCUT2D eigenvalue weighted by Gasteiger charge is -2.19. The first-order valence-electron chi connectivity index (χ1n) is 7.69. The van der Waals surface area contributed by atoms with Crippen molar-refractivity contribution in [2.45, 2.75) is 19.4 Å². The Labute approximate surface area is 151 Å². The van der Waals surface area contributed by atoms with Crippen LogP contribution in [0, 0.1) is 0 Å². The van der Waals surface area contributed by atoms with Crippen LogP contribution in [0.1, 0.15) is 29.0 Å². The topological polar surface area (TPSA) is 97.8 Å². The Balaban J connectivity index is 0.00000225. The van der Waals surface area contributed by atoms with Crippen LogP contribution in [0.15, 0.2) is 34.9 Å². The molecule has 134 valence electrons. The van der Waals surface area contributed by atoms with Crippen LogP contribution in [0.5, 0.6) is 5.75 Å². The molecule has 3 rings (SSSR count). The highest BCUT2D eigenvalue weighted by atomic mass is 35.5. The van der Waals surface area contributed by atoms with Crippen molar-refractivity contribution >= 4 is 35.6 Å². The van der Waals surface area contributed by atoms with E-state index in [0.717, 1.165) is 6.42 Å². The third kappa shape index (κ3) is 3.94. The van der Waals surface area contributed by atoms with Crippen molar-refractivity contribution in [2.75, 3.05) is 23.9 Å². The Hall–Kier alpha value is -2.51. The number of halogens is 1. The molecule has 0 radical (unpaired) electrons. The van der Waals surface area contributed by atoms with Crippen molar-refractivity contribution < 1.29 is 18.7 Å². The highest BCUT2D eigenvalue weighted by Crippen LogP contribution is 2.34.